The van der Waals surface area contributed by atoms with Gasteiger partial charge in [-0.1, -0.05) is 20.8 Å². The van der Waals surface area contributed by atoms with E-state index in [-0.39, 0.29) is 11.3 Å². The molecule has 0 saturated heterocycles. The molecule has 1 aliphatic carbocycles. The zero-order valence-electron chi connectivity index (χ0n) is 10.7. The molecule has 94 valence electrons. The summed E-state index contributed by atoms with van der Waals surface area (Å²) in [6.45, 7) is 5.99. The van der Waals surface area contributed by atoms with Crippen molar-refractivity contribution in [2.75, 3.05) is 6.26 Å². The zero-order valence-corrected chi connectivity index (χ0v) is 11.6. The first-order valence-corrected chi connectivity index (χ1v) is 7.22. The van der Waals surface area contributed by atoms with Gasteiger partial charge in [-0.05, 0) is 30.9 Å². The zero-order chi connectivity index (χ0) is 12.3. The Morgan fingerprint density at radius 1 is 1.44 bits per heavy atom. The lowest BCUT2D eigenvalue weighted by molar-refractivity contribution is -0.125. The summed E-state index contributed by atoms with van der Waals surface area (Å²) in [6.07, 6.45) is 5.52. The maximum Gasteiger partial charge on any atom is 0.237 e. The molecule has 0 bridgehead atoms. The van der Waals surface area contributed by atoms with Crippen molar-refractivity contribution >= 4 is 17.7 Å². The summed E-state index contributed by atoms with van der Waals surface area (Å²) in [5, 5.41) is 3.78. The molecular weight excluding hydrogens is 220 g/mol. The largest absolute Gasteiger partial charge is 0.352 e. The van der Waals surface area contributed by atoms with Crippen LogP contribution < -0.4 is 11.1 Å². The maximum atomic E-state index is 11.9. The van der Waals surface area contributed by atoms with E-state index in [1.165, 1.54) is 6.42 Å². The molecule has 3 atom stereocenters. The molecule has 0 aromatic rings. The van der Waals surface area contributed by atoms with Gasteiger partial charge in [-0.15, -0.1) is 0 Å². The Hall–Kier alpha value is -0.220. The highest BCUT2D eigenvalue weighted by molar-refractivity contribution is 7.99. The van der Waals surface area contributed by atoms with E-state index >= 15 is 0 Å². The summed E-state index contributed by atoms with van der Waals surface area (Å²) in [5.41, 5.74) is 5.76. The van der Waals surface area contributed by atoms with Gasteiger partial charge in [0, 0.05) is 11.3 Å². The minimum absolute atomic E-state index is 0.000692. The van der Waals surface area contributed by atoms with Gasteiger partial charge in [-0.2, -0.15) is 11.8 Å². The van der Waals surface area contributed by atoms with Gasteiger partial charge in [-0.3, -0.25) is 4.79 Å². The average Bonchev–Trinajstić information content (AvgIpc) is 2.63. The number of thioether (sulfide) groups is 1. The topological polar surface area (TPSA) is 55.1 Å². The van der Waals surface area contributed by atoms with Gasteiger partial charge in [0.2, 0.25) is 5.91 Å². The summed E-state index contributed by atoms with van der Waals surface area (Å²) >= 11 is 1.89. The van der Waals surface area contributed by atoms with Crippen LogP contribution in [0.5, 0.6) is 0 Å². The molecule has 1 amide bonds. The fourth-order valence-corrected chi connectivity index (χ4v) is 2.77. The molecule has 1 rings (SSSR count). The highest BCUT2D eigenvalue weighted by Crippen LogP contribution is 2.28. The van der Waals surface area contributed by atoms with Crippen molar-refractivity contribution in [3.63, 3.8) is 0 Å². The van der Waals surface area contributed by atoms with Crippen LogP contribution in [0.4, 0.5) is 0 Å². The van der Waals surface area contributed by atoms with Gasteiger partial charge in [0.05, 0.1) is 6.04 Å². The Bertz CT molecular complexity index is 250. The van der Waals surface area contributed by atoms with Gasteiger partial charge < -0.3 is 11.1 Å². The van der Waals surface area contributed by atoms with Gasteiger partial charge in [0.25, 0.3) is 0 Å². The monoisotopic (exact) mass is 244 g/mol. The Labute approximate surface area is 103 Å². The third kappa shape index (κ3) is 3.67. The van der Waals surface area contributed by atoms with Crippen molar-refractivity contribution < 1.29 is 4.79 Å². The molecule has 4 heteroatoms. The summed E-state index contributed by atoms with van der Waals surface area (Å²) < 4.78 is 0. The predicted molar refractivity (Wildman–Crippen MR) is 70.5 cm³/mol. The van der Waals surface area contributed by atoms with Crippen molar-refractivity contribution in [1.82, 2.24) is 5.32 Å². The Morgan fingerprint density at radius 3 is 2.50 bits per heavy atom. The number of amides is 1. The SMILES string of the molecule is CSC1CCC(NC(=O)C(N)C(C)(C)C)C1. The summed E-state index contributed by atoms with van der Waals surface area (Å²) in [6, 6.07) is -0.0841. The van der Waals surface area contributed by atoms with E-state index in [2.05, 4.69) is 11.6 Å². The third-order valence-corrected chi connectivity index (χ3v) is 4.37. The van der Waals surface area contributed by atoms with Crippen molar-refractivity contribution in [3.8, 4) is 0 Å². The molecule has 1 fully saturated rings. The van der Waals surface area contributed by atoms with Gasteiger partial charge >= 0.3 is 0 Å². The number of hydrogen-bond acceptors (Lipinski definition) is 3. The molecule has 1 saturated carbocycles. The molecule has 16 heavy (non-hydrogen) atoms. The van der Waals surface area contributed by atoms with Crippen LogP contribution in [-0.2, 0) is 4.79 Å². The van der Waals surface area contributed by atoms with Crippen molar-refractivity contribution in [1.29, 1.82) is 0 Å². The molecule has 3 N–H and O–H groups in total. The predicted octanol–water partition coefficient (Wildman–Crippen LogP) is 1.76. The van der Waals surface area contributed by atoms with Gasteiger partial charge in [-0.25, -0.2) is 0 Å². The van der Waals surface area contributed by atoms with E-state index in [0.717, 1.165) is 12.8 Å². The molecule has 0 spiro atoms. The molecule has 0 radical (unpaired) electrons. The van der Waals surface area contributed by atoms with Crippen molar-refractivity contribution in [2.45, 2.75) is 57.4 Å². The van der Waals surface area contributed by atoms with Crippen LogP contribution in [-0.4, -0.2) is 29.5 Å². The average molecular weight is 244 g/mol. The van der Waals surface area contributed by atoms with E-state index in [1.807, 2.05) is 32.5 Å². The van der Waals surface area contributed by atoms with Crippen molar-refractivity contribution in [3.05, 3.63) is 0 Å². The second kappa shape index (κ2) is 5.41. The lowest BCUT2D eigenvalue weighted by Gasteiger charge is -2.27. The minimum atomic E-state index is -0.416. The number of carbonyl (C=O) groups excluding carboxylic acids is 1. The lowest BCUT2D eigenvalue weighted by Crippen LogP contribution is -2.50. The van der Waals surface area contributed by atoms with Crippen LogP contribution in [0.2, 0.25) is 0 Å². The first kappa shape index (κ1) is 13.8. The standard InChI is InChI=1S/C12H24N2OS/c1-12(2,3)10(13)11(15)14-8-5-6-9(7-8)16-4/h8-10H,5-7,13H2,1-4H3,(H,14,15). The number of hydrogen-bond donors (Lipinski definition) is 2. The summed E-state index contributed by atoms with van der Waals surface area (Å²) in [5.74, 6) is -0.000692. The molecule has 3 unspecified atom stereocenters. The molecule has 0 heterocycles. The molecule has 0 aliphatic heterocycles. The number of nitrogens with two attached hydrogens (primary N) is 1. The molecule has 0 aromatic heterocycles. The number of rotatable bonds is 3. The number of carbonyl (C=O) groups is 1. The fourth-order valence-electron chi connectivity index (χ4n) is 1.97. The highest BCUT2D eigenvalue weighted by Gasteiger charge is 2.31. The molecular formula is C12H24N2OS. The molecule has 0 aromatic carbocycles. The van der Waals surface area contributed by atoms with Gasteiger partial charge in [0.1, 0.15) is 0 Å². The smallest absolute Gasteiger partial charge is 0.237 e. The minimum Gasteiger partial charge on any atom is -0.352 e. The van der Waals surface area contributed by atoms with Crippen LogP contribution in [0.1, 0.15) is 40.0 Å². The number of nitrogens with one attached hydrogen (secondary N) is 1. The third-order valence-electron chi connectivity index (χ3n) is 3.28. The van der Waals surface area contributed by atoms with E-state index in [1.54, 1.807) is 0 Å². The summed E-state index contributed by atoms with van der Waals surface area (Å²) in [4.78, 5) is 11.9. The van der Waals surface area contributed by atoms with Crippen molar-refractivity contribution in [2.24, 2.45) is 11.1 Å². The first-order valence-electron chi connectivity index (χ1n) is 5.93. The second-order valence-corrected chi connectivity index (χ2v) is 6.86. The quantitative estimate of drug-likeness (QED) is 0.795. The van der Waals surface area contributed by atoms with E-state index in [0.29, 0.717) is 11.3 Å². The first-order chi connectivity index (χ1) is 7.34. The van der Waals surface area contributed by atoms with E-state index in [9.17, 15) is 4.79 Å². The van der Waals surface area contributed by atoms with E-state index < -0.39 is 6.04 Å². The van der Waals surface area contributed by atoms with Crippen LogP contribution in [0.15, 0.2) is 0 Å². The molecule has 1 aliphatic rings. The van der Waals surface area contributed by atoms with Crippen LogP contribution in [0.3, 0.4) is 0 Å². The highest BCUT2D eigenvalue weighted by atomic mass is 32.2. The van der Waals surface area contributed by atoms with E-state index in [4.69, 9.17) is 5.73 Å². The Balaban J connectivity index is 2.41. The van der Waals surface area contributed by atoms with Gasteiger partial charge in [0.15, 0.2) is 0 Å². The van der Waals surface area contributed by atoms with Crippen LogP contribution in [0.25, 0.3) is 0 Å². The fraction of sp³-hybridized carbons (Fsp3) is 0.917. The Morgan fingerprint density at radius 2 is 2.06 bits per heavy atom. The second-order valence-electron chi connectivity index (χ2n) is 5.72. The summed E-state index contributed by atoms with van der Waals surface area (Å²) in [7, 11) is 0. The normalized spacial score (nSPS) is 27.8. The Kier molecular flexibility index (Phi) is 4.68. The molecule has 3 nitrogen and oxygen atoms in total. The van der Waals surface area contributed by atoms with Crippen LogP contribution in [0, 0.1) is 5.41 Å². The maximum absolute atomic E-state index is 11.9. The lowest BCUT2D eigenvalue weighted by atomic mass is 9.87. The van der Waals surface area contributed by atoms with Crippen LogP contribution >= 0.6 is 11.8 Å².